The van der Waals surface area contributed by atoms with E-state index >= 15 is 0 Å². The molecule has 0 N–H and O–H groups in total. The SMILES string of the molecule is FC(F)c1cnc(Br)cn1. The van der Waals surface area contributed by atoms with Crippen LogP contribution in [0.3, 0.4) is 0 Å². The molecule has 2 nitrogen and oxygen atoms in total. The molecule has 0 unspecified atom stereocenters. The summed E-state index contributed by atoms with van der Waals surface area (Å²) in [6.45, 7) is 0. The molecule has 0 saturated heterocycles. The van der Waals surface area contributed by atoms with E-state index < -0.39 is 6.43 Å². The van der Waals surface area contributed by atoms with Crippen molar-refractivity contribution in [1.29, 1.82) is 0 Å². The van der Waals surface area contributed by atoms with Gasteiger partial charge in [-0.3, -0.25) is 4.98 Å². The summed E-state index contributed by atoms with van der Waals surface area (Å²) in [4.78, 5) is 6.99. The first-order valence-electron chi connectivity index (χ1n) is 2.46. The van der Waals surface area contributed by atoms with Gasteiger partial charge in [0.05, 0.1) is 12.4 Å². The molecule has 0 radical (unpaired) electrons. The molecular formula is C5H3BrF2N2. The van der Waals surface area contributed by atoms with E-state index in [0.717, 1.165) is 6.20 Å². The summed E-state index contributed by atoms with van der Waals surface area (Å²) >= 11 is 2.98. The normalized spacial score (nSPS) is 10.4. The van der Waals surface area contributed by atoms with Gasteiger partial charge < -0.3 is 0 Å². The van der Waals surface area contributed by atoms with E-state index in [1.807, 2.05) is 0 Å². The molecule has 0 spiro atoms. The Morgan fingerprint density at radius 3 is 2.40 bits per heavy atom. The first-order chi connectivity index (χ1) is 4.70. The molecule has 1 aromatic heterocycles. The van der Waals surface area contributed by atoms with Crippen molar-refractivity contribution in [1.82, 2.24) is 9.97 Å². The van der Waals surface area contributed by atoms with Crippen molar-refractivity contribution in [3.8, 4) is 0 Å². The van der Waals surface area contributed by atoms with Gasteiger partial charge in [-0.2, -0.15) is 0 Å². The highest BCUT2D eigenvalue weighted by Crippen LogP contribution is 2.15. The number of nitrogens with zero attached hydrogens (tertiary/aromatic N) is 2. The Morgan fingerprint density at radius 2 is 2.00 bits per heavy atom. The van der Waals surface area contributed by atoms with E-state index in [2.05, 4.69) is 25.9 Å². The van der Waals surface area contributed by atoms with Gasteiger partial charge in [0.15, 0.2) is 0 Å². The van der Waals surface area contributed by atoms with Crippen LogP contribution >= 0.6 is 15.9 Å². The Balaban J connectivity index is 2.89. The maximum Gasteiger partial charge on any atom is 0.281 e. The summed E-state index contributed by atoms with van der Waals surface area (Å²) in [5.41, 5.74) is -0.303. The molecule has 0 aromatic carbocycles. The Hall–Kier alpha value is -0.580. The summed E-state index contributed by atoms with van der Waals surface area (Å²) in [6, 6.07) is 0. The van der Waals surface area contributed by atoms with Crippen molar-refractivity contribution >= 4 is 15.9 Å². The van der Waals surface area contributed by atoms with Gasteiger partial charge in [0.1, 0.15) is 10.3 Å². The molecule has 5 heteroatoms. The van der Waals surface area contributed by atoms with Crippen molar-refractivity contribution in [2.24, 2.45) is 0 Å². The zero-order valence-corrected chi connectivity index (χ0v) is 6.35. The Labute approximate surface area is 64.4 Å². The number of hydrogen-bond donors (Lipinski definition) is 0. The van der Waals surface area contributed by atoms with Crippen LogP contribution in [0.2, 0.25) is 0 Å². The van der Waals surface area contributed by atoms with Crippen molar-refractivity contribution in [3.05, 3.63) is 22.7 Å². The molecule has 0 aliphatic heterocycles. The van der Waals surface area contributed by atoms with Crippen LogP contribution in [0, 0.1) is 0 Å². The van der Waals surface area contributed by atoms with Crippen LogP contribution in [-0.4, -0.2) is 9.97 Å². The van der Waals surface area contributed by atoms with Crippen molar-refractivity contribution in [3.63, 3.8) is 0 Å². The van der Waals surface area contributed by atoms with Gasteiger partial charge in [0.25, 0.3) is 6.43 Å². The van der Waals surface area contributed by atoms with Crippen LogP contribution in [0.15, 0.2) is 17.0 Å². The molecule has 0 aliphatic carbocycles. The highest BCUT2D eigenvalue weighted by molar-refractivity contribution is 9.10. The molecule has 0 atom stereocenters. The Bertz CT molecular complexity index is 211. The van der Waals surface area contributed by atoms with Gasteiger partial charge in [-0.05, 0) is 15.9 Å². The molecule has 1 aromatic rings. The van der Waals surface area contributed by atoms with Gasteiger partial charge in [-0.25, -0.2) is 13.8 Å². The Kier molecular flexibility index (Phi) is 2.26. The lowest BCUT2D eigenvalue weighted by Crippen LogP contribution is -1.90. The van der Waals surface area contributed by atoms with Crippen molar-refractivity contribution in [2.75, 3.05) is 0 Å². The van der Waals surface area contributed by atoms with Crippen molar-refractivity contribution in [2.45, 2.75) is 6.43 Å². The lowest BCUT2D eigenvalue weighted by molar-refractivity contribution is 0.145. The summed E-state index contributed by atoms with van der Waals surface area (Å²) in [7, 11) is 0. The third-order valence-electron chi connectivity index (χ3n) is 0.864. The minimum Gasteiger partial charge on any atom is -0.251 e. The second-order valence-corrected chi connectivity index (χ2v) is 2.38. The molecule has 1 heterocycles. The molecule has 0 aliphatic rings. The minimum atomic E-state index is -2.54. The molecule has 54 valence electrons. The lowest BCUT2D eigenvalue weighted by atomic mass is 10.5. The van der Waals surface area contributed by atoms with E-state index in [1.54, 1.807) is 0 Å². The van der Waals surface area contributed by atoms with Crippen LogP contribution in [0.4, 0.5) is 8.78 Å². The second kappa shape index (κ2) is 3.01. The largest absolute Gasteiger partial charge is 0.281 e. The van der Waals surface area contributed by atoms with Crippen LogP contribution < -0.4 is 0 Å². The molecule has 0 fully saturated rings. The molecule has 0 bridgehead atoms. The number of rotatable bonds is 1. The van der Waals surface area contributed by atoms with Gasteiger partial charge in [0, 0.05) is 0 Å². The molecule has 10 heavy (non-hydrogen) atoms. The fourth-order valence-corrected chi connectivity index (χ4v) is 0.640. The molecule has 1 rings (SSSR count). The summed E-state index contributed by atoms with van der Waals surface area (Å²) in [5.74, 6) is 0. The minimum absolute atomic E-state index is 0.303. The second-order valence-electron chi connectivity index (χ2n) is 1.56. The topological polar surface area (TPSA) is 25.8 Å². The van der Waals surface area contributed by atoms with Crippen LogP contribution in [0.1, 0.15) is 12.1 Å². The van der Waals surface area contributed by atoms with Crippen LogP contribution in [0.5, 0.6) is 0 Å². The lowest BCUT2D eigenvalue weighted by Gasteiger charge is -1.95. The Morgan fingerprint density at radius 1 is 1.30 bits per heavy atom. The maximum atomic E-state index is 11.8. The van der Waals surface area contributed by atoms with E-state index in [1.165, 1.54) is 6.20 Å². The quantitative estimate of drug-likeness (QED) is 0.708. The smallest absolute Gasteiger partial charge is 0.251 e. The molecule has 0 saturated carbocycles. The first kappa shape index (κ1) is 7.53. The number of halogens is 3. The maximum absolute atomic E-state index is 11.8. The fourth-order valence-electron chi connectivity index (χ4n) is 0.435. The number of aromatic nitrogens is 2. The standard InChI is InChI=1S/C5H3BrF2N2/c6-4-2-9-3(1-10-4)5(7)8/h1-2,5H. The van der Waals surface area contributed by atoms with Crippen molar-refractivity contribution < 1.29 is 8.78 Å². The van der Waals surface area contributed by atoms with Gasteiger partial charge in [-0.15, -0.1) is 0 Å². The van der Waals surface area contributed by atoms with Gasteiger partial charge in [-0.1, -0.05) is 0 Å². The average molecular weight is 209 g/mol. The van der Waals surface area contributed by atoms with Gasteiger partial charge in [0.2, 0.25) is 0 Å². The van der Waals surface area contributed by atoms with E-state index in [4.69, 9.17) is 0 Å². The number of hydrogen-bond acceptors (Lipinski definition) is 2. The first-order valence-corrected chi connectivity index (χ1v) is 3.25. The number of alkyl halides is 2. The zero-order chi connectivity index (χ0) is 7.56. The monoisotopic (exact) mass is 208 g/mol. The highest BCUT2D eigenvalue weighted by atomic mass is 79.9. The van der Waals surface area contributed by atoms with E-state index in [9.17, 15) is 8.78 Å². The van der Waals surface area contributed by atoms with Crippen LogP contribution in [0.25, 0.3) is 0 Å². The third kappa shape index (κ3) is 1.70. The summed E-state index contributed by atoms with van der Waals surface area (Å²) in [6.07, 6.45) is -0.267. The average Bonchev–Trinajstić information content (AvgIpc) is 1.88. The molecule has 0 amide bonds. The molecular weight excluding hydrogens is 206 g/mol. The van der Waals surface area contributed by atoms with Gasteiger partial charge >= 0.3 is 0 Å². The van der Waals surface area contributed by atoms with E-state index in [-0.39, 0.29) is 5.69 Å². The third-order valence-corrected chi connectivity index (χ3v) is 1.27. The predicted octanol–water partition coefficient (Wildman–Crippen LogP) is 2.18. The van der Waals surface area contributed by atoms with Crippen LogP contribution in [-0.2, 0) is 0 Å². The summed E-state index contributed by atoms with van der Waals surface area (Å²) < 4.78 is 24.0. The predicted molar refractivity (Wildman–Crippen MR) is 34.7 cm³/mol. The highest BCUT2D eigenvalue weighted by Gasteiger charge is 2.07. The summed E-state index contributed by atoms with van der Waals surface area (Å²) in [5, 5.41) is 0. The zero-order valence-electron chi connectivity index (χ0n) is 4.76. The van der Waals surface area contributed by atoms with E-state index in [0.29, 0.717) is 4.60 Å². The fraction of sp³-hybridized carbons (Fsp3) is 0.200.